The number of aromatic nitrogens is 2. The molecule has 170 valence electrons. The molecule has 3 N–H and O–H groups in total. The largest absolute Gasteiger partial charge is 0.495 e. The van der Waals surface area contributed by atoms with Gasteiger partial charge in [-0.2, -0.15) is 18.3 Å². The fraction of sp³-hybridized carbons (Fsp3) is 0.0870. The number of halogens is 4. The Hall–Kier alpha value is -3.94. The SMILES string of the molecule is C=C/C=C(\C=C=C(N)Cl)c1c(-c2cccc(NC(=O)C(F)(F)F)c2)nn2cc(OC)ccc12. The van der Waals surface area contributed by atoms with Gasteiger partial charge in [-0.15, -0.1) is 0 Å². The molecule has 0 bridgehead atoms. The van der Waals surface area contributed by atoms with Crippen molar-refractivity contribution >= 4 is 34.3 Å². The first kappa shape index (κ1) is 23.7. The minimum atomic E-state index is -5.01. The molecule has 10 heteroatoms. The molecular weight excluding hydrogens is 457 g/mol. The van der Waals surface area contributed by atoms with Crippen molar-refractivity contribution in [2.75, 3.05) is 12.4 Å². The van der Waals surface area contributed by atoms with E-state index in [1.165, 1.54) is 25.3 Å². The molecule has 0 saturated heterocycles. The van der Waals surface area contributed by atoms with Gasteiger partial charge in [0.05, 0.1) is 18.8 Å². The lowest BCUT2D eigenvalue weighted by Gasteiger charge is -2.09. The van der Waals surface area contributed by atoms with Crippen LogP contribution in [0.1, 0.15) is 5.56 Å². The van der Waals surface area contributed by atoms with Crippen molar-refractivity contribution in [2.24, 2.45) is 5.73 Å². The van der Waals surface area contributed by atoms with Crippen LogP contribution in [0.5, 0.6) is 5.75 Å². The van der Waals surface area contributed by atoms with Gasteiger partial charge in [0, 0.05) is 16.8 Å². The second kappa shape index (κ2) is 9.68. The van der Waals surface area contributed by atoms with Crippen molar-refractivity contribution in [3.05, 3.63) is 83.9 Å². The number of fused-ring (bicyclic) bond motifs is 1. The molecule has 0 radical (unpaired) electrons. The third-order valence-electron chi connectivity index (χ3n) is 4.44. The van der Waals surface area contributed by atoms with Gasteiger partial charge in [0.2, 0.25) is 0 Å². The van der Waals surface area contributed by atoms with E-state index in [2.05, 4.69) is 17.4 Å². The molecule has 0 saturated carbocycles. The number of amides is 1. The van der Waals surface area contributed by atoms with E-state index >= 15 is 0 Å². The maximum absolute atomic E-state index is 12.7. The highest BCUT2D eigenvalue weighted by atomic mass is 35.5. The molecule has 33 heavy (non-hydrogen) atoms. The Labute approximate surface area is 192 Å². The monoisotopic (exact) mass is 474 g/mol. The number of nitrogens with zero attached hydrogens (tertiary/aromatic N) is 2. The zero-order valence-electron chi connectivity index (χ0n) is 17.3. The number of anilines is 1. The zero-order valence-corrected chi connectivity index (χ0v) is 18.0. The predicted octanol–water partition coefficient (Wildman–Crippen LogP) is 5.27. The van der Waals surface area contributed by atoms with Crippen LogP contribution in [-0.4, -0.2) is 28.8 Å². The highest BCUT2D eigenvalue weighted by Gasteiger charge is 2.38. The maximum atomic E-state index is 12.7. The molecule has 0 atom stereocenters. The fourth-order valence-corrected chi connectivity index (χ4v) is 3.12. The molecule has 0 aliphatic heterocycles. The van der Waals surface area contributed by atoms with Gasteiger partial charge < -0.3 is 15.8 Å². The van der Waals surface area contributed by atoms with Gasteiger partial charge in [-0.25, -0.2) is 4.52 Å². The first-order valence-electron chi connectivity index (χ1n) is 9.39. The summed E-state index contributed by atoms with van der Waals surface area (Å²) in [6.45, 7) is 3.72. The highest BCUT2D eigenvalue weighted by molar-refractivity contribution is 6.28. The van der Waals surface area contributed by atoms with E-state index in [0.29, 0.717) is 33.7 Å². The maximum Gasteiger partial charge on any atom is 0.471 e. The second-order valence-electron chi connectivity index (χ2n) is 6.65. The fourth-order valence-electron chi connectivity index (χ4n) is 3.06. The molecule has 2 heterocycles. The minimum absolute atomic E-state index is 0.0369. The lowest BCUT2D eigenvalue weighted by atomic mass is 9.98. The van der Waals surface area contributed by atoms with E-state index in [1.807, 2.05) is 5.32 Å². The molecule has 0 spiro atoms. The number of hydrogen-bond acceptors (Lipinski definition) is 4. The van der Waals surface area contributed by atoms with Gasteiger partial charge in [0.1, 0.15) is 16.6 Å². The molecule has 3 aromatic rings. The topological polar surface area (TPSA) is 81.6 Å². The van der Waals surface area contributed by atoms with Crippen LogP contribution < -0.4 is 15.8 Å². The number of methoxy groups -OCH3 is 1. The summed E-state index contributed by atoms with van der Waals surface area (Å²) in [6.07, 6.45) is 1.42. The third-order valence-corrected chi connectivity index (χ3v) is 4.55. The van der Waals surface area contributed by atoms with Gasteiger partial charge in [-0.1, -0.05) is 48.2 Å². The Bertz CT molecular complexity index is 1310. The van der Waals surface area contributed by atoms with E-state index in [0.717, 1.165) is 0 Å². The summed E-state index contributed by atoms with van der Waals surface area (Å²) in [5.41, 5.74) is 10.9. The Morgan fingerprint density at radius 3 is 2.73 bits per heavy atom. The number of benzene rings is 1. The number of hydrogen-bond donors (Lipinski definition) is 2. The lowest BCUT2D eigenvalue weighted by molar-refractivity contribution is -0.167. The molecule has 0 aliphatic rings. The van der Waals surface area contributed by atoms with E-state index in [9.17, 15) is 18.0 Å². The Morgan fingerprint density at radius 1 is 1.33 bits per heavy atom. The van der Waals surface area contributed by atoms with Crippen LogP contribution in [-0.2, 0) is 4.79 Å². The normalized spacial score (nSPS) is 11.6. The molecule has 0 unspecified atom stereocenters. The Kier molecular flexibility index (Phi) is 6.96. The van der Waals surface area contributed by atoms with Crippen molar-refractivity contribution in [3.63, 3.8) is 0 Å². The van der Waals surface area contributed by atoms with Crippen molar-refractivity contribution < 1.29 is 22.7 Å². The van der Waals surface area contributed by atoms with Crippen LogP contribution in [0.3, 0.4) is 0 Å². The zero-order chi connectivity index (χ0) is 24.2. The van der Waals surface area contributed by atoms with Gasteiger partial charge in [-0.3, -0.25) is 4.79 Å². The molecule has 2 aromatic heterocycles. The molecule has 6 nitrogen and oxygen atoms in total. The average Bonchev–Trinajstić information content (AvgIpc) is 3.14. The lowest BCUT2D eigenvalue weighted by Crippen LogP contribution is -2.29. The van der Waals surface area contributed by atoms with E-state index in [4.69, 9.17) is 22.1 Å². The molecule has 0 aliphatic carbocycles. The van der Waals surface area contributed by atoms with Crippen LogP contribution in [0.25, 0.3) is 22.3 Å². The summed E-state index contributed by atoms with van der Waals surface area (Å²) in [5.74, 6) is -1.53. The first-order chi connectivity index (χ1) is 15.6. The quantitative estimate of drug-likeness (QED) is 0.289. The Morgan fingerprint density at radius 2 is 2.09 bits per heavy atom. The summed E-state index contributed by atoms with van der Waals surface area (Å²) in [6, 6.07) is 9.44. The van der Waals surface area contributed by atoms with Crippen LogP contribution in [0, 0.1) is 0 Å². The van der Waals surface area contributed by atoms with Gasteiger partial charge in [0.25, 0.3) is 0 Å². The number of allylic oxidation sites excluding steroid dienone is 4. The Balaban J connectivity index is 2.24. The van der Waals surface area contributed by atoms with Crippen molar-refractivity contribution in [1.29, 1.82) is 0 Å². The van der Waals surface area contributed by atoms with Gasteiger partial charge in [0.15, 0.2) is 0 Å². The standard InChI is InChI=1S/C23H18ClF3N4O2/c1-3-5-14(8-11-19(24)28)20-18-10-9-17(33-2)13-31(18)30-21(20)15-6-4-7-16(12-15)29-22(32)23(25,26)27/h3-10,12-13H,1,28H2,2H3,(H,29,32)/b14-5+. The number of nitrogens with one attached hydrogen (secondary N) is 1. The van der Waals surface area contributed by atoms with Gasteiger partial charge >= 0.3 is 12.1 Å². The smallest absolute Gasteiger partial charge is 0.471 e. The number of ether oxygens (including phenoxy) is 1. The van der Waals surface area contributed by atoms with Crippen LogP contribution in [0.15, 0.2) is 78.3 Å². The van der Waals surface area contributed by atoms with E-state index < -0.39 is 12.1 Å². The molecule has 3 rings (SSSR count). The van der Waals surface area contributed by atoms with E-state index in [-0.39, 0.29) is 10.8 Å². The highest BCUT2D eigenvalue weighted by Crippen LogP contribution is 2.35. The summed E-state index contributed by atoms with van der Waals surface area (Å²) in [4.78, 5) is 11.4. The molecule has 1 aromatic carbocycles. The van der Waals surface area contributed by atoms with Crippen molar-refractivity contribution in [1.82, 2.24) is 9.61 Å². The van der Waals surface area contributed by atoms with Crippen LogP contribution in [0.2, 0.25) is 0 Å². The molecule has 1 amide bonds. The van der Waals surface area contributed by atoms with Crippen molar-refractivity contribution in [2.45, 2.75) is 6.18 Å². The number of rotatable bonds is 6. The van der Waals surface area contributed by atoms with E-state index in [1.54, 1.807) is 47.1 Å². The second-order valence-corrected chi connectivity index (χ2v) is 7.06. The number of nitrogens with two attached hydrogens (primary N) is 1. The molecular formula is C23H18ClF3N4O2. The van der Waals surface area contributed by atoms with Gasteiger partial charge in [-0.05, 0) is 35.9 Å². The third kappa shape index (κ3) is 5.46. The molecule has 0 fully saturated rings. The number of alkyl halides is 3. The first-order valence-corrected chi connectivity index (χ1v) is 9.77. The predicted molar refractivity (Wildman–Crippen MR) is 122 cm³/mol. The summed E-state index contributed by atoms with van der Waals surface area (Å²) in [5, 5.41) is 6.38. The average molecular weight is 475 g/mol. The number of carbonyl (C=O) groups excluding carboxylic acids is 1. The number of pyridine rings is 1. The van der Waals surface area contributed by atoms with Crippen LogP contribution in [0.4, 0.5) is 18.9 Å². The number of carbonyl (C=O) groups is 1. The summed E-state index contributed by atoms with van der Waals surface area (Å²) < 4.78 is 44.9. The summed E-state index contributed by atoms with van der Waals surface area (Å²) in [7, 11) is 1.51. The van der Waals surface area contributed by atoms with Crippen molar-refractivity contribution in [3.8, 4) is 17.0 Å². The summed E-state index contributed by atoms with van der Waals surface area (Å²) >= 11 is 5.73. The van der Waals surface area contributed by atoms with Crippen LogP contribution >= 0.6 is 11.6 Å². The minimum Gasteiger partial charge on any atom is -0.495 e.